The number of aryl methyl sites for hydroxylation is 2. The van der Waals surface area contributed by atoms with Crippen molar-refractivity contribution in [3.05, 3.63) is 33.6 Å². The molecule has 1 saturated heterocycles. The van der Waals surface area contributed by atoms with E-state index in [2.05, 4.69) is 44.2 Å². The zero-order valence-electron chi connectivity index (χ0n) is 20.3. The first-order chi connectivity index (χ1) is 15.7. The standard InChI is InChI=1S/C25H33N5O2S/c1-14(2)25(32)29-9-7-18(8-10-29)27-24(31)20-12-22(19-11-16(5)33-17(19)6)28-23-21(20)13-26-30(23)15(3)4/h11-15,18H,7-10H2,1-6H3,(H,27,31). The van der Waals surface area contributed by atoms with Gasteiger partial charge in [-0.3, -0.25) is 9.59 Å². The molecule has 1 aliphatic rings. The number of hydrogen-bond donors (Lipinski definition) is 1. The Hall–Kier alpha value is -2.74. The summed E-state index contributed by atoms with van der Waals surface area (Å²) in [5.41, 5.74) is 3.19. The summed E-state index contributed by atoms with van der Waals surface area (Å²) >= 11 is 1.73. The SMILES string of the molecule is Cc1cc(-c2cc(C(=O)NC3CCN(C(=O)C(C)C)CC3)c3cnn(C(C)C)c3n2)c(C)s1. The molecule has 4 heterocycles. The third-order valence-corrected chi connectivity index (χ3v) is 7.22. The van der Waals surface area contributed by atoms with Crippen LogP contribution >= 0.6 is 11.3 Å². The molecule has 0 saturated carbocycles. The fourth-order valence-electron chi connectivity index (χ4n) is 4.48. The Labute approximate surface area is 199 Å². The summed E-state index contributed by atoms with van der Waals surface area (Å²) in [6, 6.07) is 4.21. The van der Waals surface area contributed by atoms with E-state index in [0.29, 0.717) is 18.7 Å². The smallest absolute Gasteiger partial charge is 0.252 e. The van der Waals surface area contributed by atoms with E-state index in [4.69, 9.17) is 4.98 Å². The van der Waals surface area contributed by atoms with Crippen molar-refractivity contribution in [2.75, 3.05) is 13.1 Å². The third kappa shape index (κ3) is 4.67. The molecule has 1 aliphatic heterocycles. The summed E-state index contributed by atoms with van der Waals surface area (Å²) in [7, 11) is 0. The number of thiophene rings is 1. The van der Waals surface area contributed by atoms with Crippen LogP contribution in [0, 0.1) is 19.8 Å². The molecule has 7 nitrogen and oxygen atoms in total. The molecule has 3 aromatic heterocycles. The van der Waals surface area contributed by atoms with Crippen molar-refractivity contribution in [1.29, 1.82) is 0 Å². The van der Waals surface area contributed by atoms with Gasteiger partial charge in [0.25, 0.3) is 5.91 Å². The van der Waals surface area contributed by atoms with Gasteiger partial charge in [-0.2, -0.15) is 5.10 Å². The molecule has 3 aromatic rings. The first-order valence-corrected chi connectivity index (χ1v) is 12.5. The van der Waals surface area contributed by atoms with Crippen molar-refractivity contribution >= 4 is 34.2 Å². The highest BCUT2D eigenvalue weighted by atomic mass is 32.1. The maximum Gasteiger partial charge on any atom is 0.252 e. The van der Waals surface area contributed by atoms with Gasteiger partial charge in [-0.1, -0.05) is 13.8 Å². The minimum atomic E-state index is -0.106. The molecule has 0 atom stereocenters. The number of aromatic nitrogens is 3. The largest absolute Gasteiger partial charge is 0.349 e. The zero-order valence-corrected chi connectivity index (χ0v) is 21.1. The van der Waals surface area contributed by atoms with Gasteiger partial charge in [-0.25, -0.2) is 9.67 Å². The Morgan fingerprint density at radius 2 is 1.82 bits per heavy atom. The molecule has 176 valence electrons. The Bertz CT molecular complexity index is 1190. The third-order valence-electron chi connectivity index (χ3n) is 6.25. The maximum atomic E-state index is 13.4. The van der Waals surface area contributed by atoms with E-state index in [9.17, 15) is 9.59 Å². The van der Waals surface area contributed by atoms with E-state index in [1.165, 1.54) is 9.75 Å². The number of piperidine rings is 1. The number of fused-ring (bicyclic) bond motifs is 1. The van der Waals surface area contributed by atoms with Gasteiger partial charge in [-0.15, -0.1) is 11.3 Å². The summed E-state index contributed by atoms with van der Waals surface area (Å²) < 4.78 is 1.88. The number of hydrogen-bond acceptors (Lipinski definition) is 5. The van der Waals surface area contributed by atoms with Crippen molar-refractivity contribution in [3.8, 4) is 11.3 Å². The molecule has 0 spiro atoms. The first-order valence-electron chi connectivity index (χ1n) is 11.7. The number of rotatable bonds is 5. The molecule has 0 unspecified atom stereocenters. The molecule has 33 heavy (non-hydrogen) atoms. The van der Waals surface area contributed by atoms with Crippen molar-refractivity contribution in [2.24, 2.45) is 5.92 Å². The van der Waals surface area contributed by atoms with Gasteiger partial charge >= 0.3 is 0 Å². The highest BCUT2D eigenvalue weighted by Gasteiger charge is 2.27. The summed E-state index contributed by atoms with van der Waals surface area (Å²) in [5.74, 6) is 0.0781. The van der Waals surface area contributed by atoms with Crippen molar-refractivity contribution in [3.63, 3.8) is 0 Å². The van der Waals surface area contributed by atoms with Gasteiger partial charge in [0, 0.05) is 46.4 Å². The van der Waals surface area contributed by atoms with Crippen LogP contribution in [0.5, 0.6) is 0 Å². The van der Waals surface area contributed by atoms with Gasteiger partial charge in [0.05, 0.1) is 22.8 Å². The lowest BCUT2D eigenvalue weighted by atomic mass is 10.0. The quantitative estimate of drug-likeness (QED) is 0.588. The molecule has 8 heteroatoms. The number of amides is 2. The lowest BCUT2D eigenvalue weighted by Gasteiger charge is -2.33. The molecule has 4 rings (SSSR count). The number of carbonyl (C=O) groups excluding carboxylic acids is 2. The summed E-state index contributed by atoms with van der Waals surface area (Å²) in [5, 5.41) is 8.51. The predicted octanol–water partition coefficient (Wildman–Crippen LogP) is 4.73. The van der Waals surface area contributed by atoms with Crippen molar-refractivity contribution < 1.29 is 9.59 Å². The highest BCUT2D eigenvalue weighted by molar-refractivity contribution is 7.12. The highest BCUT2D eigenvalue weighted by Crippen LogP contribution is 2.32. The van der Waals surface area contributed by atoms with E-state index in [1.54, 1.807) is 17.5 Å². The number of nitrogens with zero attached hydrogens (tertiary/aromatic N) is 4. The minimum absolute atomic E-state index is 0.00126. The zero-order chi connectivity index (χ0) is 23.9. The molecular weight excluding hydrogens is 434 g/mol. The van der Waals surface area contributed by atoms with E-state index in [-0.39, 0.29) is 29.8 Å². The van der Waals surface area contributed by atoms with Crippen LogP contribution < -0.4 is 5.32 Å². The molecule has 0 aromatic carbocycles. The number of nitrogens with one attached hydrogen (secondary N) is 1. The van der Waals surface area contributed by atoms with Crippen LogP contribution in [0.4, 0.5) is 0 Å². The molecule has 2 amide bonds. The predicted molar refractivity (Wildman–Crippen MR) is 133 cm³/mol. The van der Waals surface area contributed by atoms with Crippen LogP contribution in [0.15, 0.2) is 18.3 Å². The molecule has 0 aliphatic carbocycles. The van der Waals surface area contributed by atoms with Crippen LogP contribution in [-0.2, 0) is 4.79 Å². The topological polar surface area (TPSA) is 80.1 Å². The van der Waals surface area contributed by atoms with Crippen LogP contribution in [0.2, 0.25) is 0 Å². The van der Waals surface area contributed by atoms with E-state index < -0.39 is 0 Å². The average Bonchev–Trinajstić information content (AvgIpc) is 3.35. The fraction of sp³-hybridized carbons (Fsp3) is 0.520. The van der Waals surface area contributed by atoms with Gasteiger partial charge in [0.1, 0.15) is 0 Å². The van der Waals surface area contributed by atoms with Gasteiger partial charge in [0.2, 0.25) is 5.91 Å². The van der Waals surface area contributed by atoms with Crippen LogP contribution in [0.1, 0.15) is 66.7 Å². The molecule has 1 fully saturated rings. The summed E-state index contributed by atoms with van der Waals surface area (Å²) in [6.07, 6.45) is 3.27. The normalized spacial score (nSPS) is 15.1. The van der Waals surface area contributed by atoms with Crippen LogP contribution in [0.3, 0.4) is 0 Å². The second kappa shape index (κ2) is 9.25. The van der Waals surface area contributed by atoms with E-state index in [0.717, 1.165) is 35.1 Å². The number of carbonyl (C=O) groups is 2. The Morgan fingerprint density at radius 3 is 2.39 bits per heavy atom. The Morgan fingerprint density at radius 1 is 1.12 bits per heavy atom. The fourth-order valence-corrected chi connectivity index (χ4v) is 5.41. The van der Waals surface area contributed by atoms with Crippen molar-refractivity contribution in [1.82, 2.24) is 25.0 Å². The van der Waals surface area contributed by atoms with Gasteiger partial charge in [-0.05, 0) is 52.7 Å². The van der Waals surface area contributed by atoms with E-state index in [1.807, 2.05) is 29.5 Å². The van der Waals surface area contributed by atoms with E-state index >= 15 is 0 Å². The van der Waals surface area contributed by atoms with Gasteiger partial charge in [0.15, 0.2) is 5.65 Å². The van der Waals surface area contributed by atoms with Gasteiger partial charge < -0.3 is 10.2 Å². The summed E-state index contributed by atoms with van der Waals surface area (Å²) in [6.45, 7) is 13.5. The van der Waals surface area contributed by atoms with Crippen LogP contribution in [-0.4, -0.2) is 50.6 Å². The molecule has 0 bridgehead atoms. The number of likely N-dealkylation sites (tertiary alicyclic amines) is 1. The number of pyridine rings is 1. The second-order valence-electron chi connectivity index (χ2n) is 9.53. The molecular formula is C25H33N5O2S. The molecule has 1 N–H and O–H groups in total. The lowest BCUT2D eigenvalue weighted by Crippen LogP contribution is -2.47. The summed E-state index contributed by atoms with van der Waals surface area (Å²) in [4.78, 5) is 35.0. The monoisotopic (exact) mass is 467 g/mol. The van der Waals surface area contributed by atoms with Crippen molar-refractivity contribution in [2.45, 2.75) is 66.5 Å². The average molecular weight is 468 g/mol. The first kappa shape index (κ1) is 23.4. The Kier molecular flexibility index (Phi) is 6.56. The Balaban J connectivity index is 1.63. The lowest BCUT2D eigenvalue weighted by molar-refractivity contribution is -0.135. The molecule has 0 radical (unpaired) electrons. The maximum absolute atomic E-state index is 13.4. The minimum Gasteiger partial charge on any atom is -0.349 e. The second-order valence-corrected chi connectivity index (χ2v) is 11.0. The van der Waals surface area contributed by atoms with Crippen LogP contribution in [0.25, 0.3) is 22.3 Å².